The molecule has 0 aliphatic rings. The molecule has 2 aromatic carbocycles. The van der Waals surface area contributed by atoms with Gasteiger partial charge in [0.15, 0.2) is 11.3 Å². The molecule has 0 unspecified atom stereocenters. The standard InChI is InChI=1S/C20H13Cl2NO3S/c1-10-17(11-6-7-14(21)15(22)9-11)23-19(27-10)13-8-12-4-3-5-16(25-2)18(12)26-20(13)24/h3-9H,1-2H3. The predicted octanol–water partition coefficient (Wildman–Crippen LogP) is 6.21. The van der Waals surface area contributed by atoms with Crippen LogP contribution in [0.1, 0.15) is 4.88 Å². The van der Waals surface area contributed by atoms with Gasteiger partial charge in [0.25, 0.3) is 0 Å². The number of thiazole rings is 1. The van der Waals surface area contributed by atoms with E-state index in [2.05, 4.69) is 4.98 Å². The molecule has 7 heteroatoms. The highest BCUT2D eigenvalue weighted by atomic mass is 35.5. The Morgan fingerprint density at radius 1 is 1.11 bits per heavy atom. The van der Waals surface area contributed by atoms with Gasteiger partial charge < -0.3 is 9.15 Å². The van der Waals surface area contributed by atoms with E-state index < -0.39 is 5.63 Å². The van der Waals surface area contributed by atoms with Crippen molar-refractivity contribution in [2.75, 3.05) is 7.11 Å². The number of aryl methyl sites for hydroxylation is 1. The highest BCUT2D eigenvalue weighted by Crippen LogP contribution is 2.36. The Morgan fingerprint density at radius 3 is 2.67 bits per heavy atom. The molecular weight excluding hydrogens is 405 g/mol. The third-order valence-electron chi connectivity index (χ3n) is 4.16. The Hall–Kier alpha value is -2.34. The summed E-state index contributed by atoms with van der Waals surface area (Å²) in [4.78, 5) is 18.2. The lowest BCUT2D eigenvalue weighted by Gasteiger charge is -2.04. The molecule has 136 valence electrons. The maximum Gasteiger partial charge on any atom is 0.346 e. The van der Waals surface area contributed by atoms with Crippen molar-refractivity contribution in [3.05, 3.63) is 67.8 Å². The van der Waals surface area contributed by atoms with Crippen LogP contribution in [-0.2, 0) is 0 Å². The van der Waals surface area contributed by atoms with Crippen LogP contribution < -0.4 is 10.4 Å². The first-order valence-corrected chi connectivity index (χ1v) is 9.59. The molecule has 2 aromatic heterocycles. The number of nitrogens with zero attached hydrogens (tertiary/aromatic N) is 1. The molecule has 0 atom stereocenters. The minimum atomic E-state index is -0.457. The average Bonchev–Trinajstić information content (AvgIpc) is 3.04. The van der Waals surface area contributed by atoms with E-state index >= 15 is 0 Å². The van der Waals surface area contributed by atoms with Crippen molar-refractivity contribution in [1.29, 1.82) is 0 Å². The van der Waals surface area contributed by atoms with Gasteiger partial charge in [-0.3, -0.25) is 0 Å². The van der Waals surface area contributed by atoms with Gasteiger partial charge >= 0.3 is 5.63 Å². The van der Waals surface area contributed by atoms with Gasteiger partial charge in [0.1, 0.15) is 5.01 Å². The molecule has 0 saturated carbocycles. The Kier molecular flexibility index (Phi) is 4.68. The van der Waals surface area contributed by atoms with E-state index in [9.17, 15) is 4.79 Å². The summed E-state index contributed by atoms with van der Waals surface area (Å²) in [5.74, 6) is 0.517. The summed E-state index contributed by atoms with van der Waals surface area (Å²) in [6, 6.07) is 12.6. The van der Waals surface area contributed by atoms with Crippen LogP contribution in [0.3, 0.4) is 0 Å². The van der Waals surface area contributed by atoms with Crippen molar-refractivity contribution in [2.24, 2.45) is 0 Å². The Labute approximate surface area is 169 Å². The monoisotopic (exact) mass is 417 g/mol. The summed E-state index contributed by atoms with van der Waals surface area (Å²) in [6.07, 6.45) is 0. The van der Waals surface area contributed by atoms with Gasteiger partial charge in [0.2, 0.25) is 0 Å². The van der Waals surface area contributed by atoms with E-state index in [0.29, 0.717) is 31.9 Å². The van der Waals surface area contributed by atoms with E-state index in [1.165, 1.54) is 18.4 Å². The summed E-state index contributed by atoms with van der Waals surface area (Å²) >= 11 is 13.5. The van der Waals surface area contributed by atoms with Crippen LogP contribution in [0.15, 0.2) is 51.7 Å². The van der Waals surface area contributed by atoms with Gasteiger partial charge in [-0.1, -0.05) is 41.4 Å². The first kappa shape index (κ1) is 18.0. The zero-order valence-corrected chi connectivity index (χ0v) is 16.7. The summed E-state index contributed by atoms with van der Waals surface area (Å²) in [5.41, 5.74) is 1.98. The fraction of sp³-hybridized carbons (Fsp3) is 0.100. The number of hydrogen-bond acceptors (Lipinski definition) is 5. The molecule has 4 rings (SSSR count). The summed E-state index contributed by atoms with van der Waals surface area (Å²) in [5, 5.41) is 2.30. The third-order valence-corrected chi connectivity index (χ3v) is 5.91. The van der Waals surface area contributed by atoms with Gasteiger partial charge in [-0.05, 0) is 31.2 Å². The minimum absolute atomic E-state index is 0.412. The van der Waals surface area contributed by atoms with E-state index in [1.54, 1.807) is 24.3 Å². The predicted molar refractivity (Wildman–Crippen MR) is 110 cm³/mol. The van der Waals surface area contributed by atoms with Gasteiger partial charge in [0.05, 0.1) is 28.4 Å². The molecule has 0 amide bonds. The van der Waals surface area contributed by atoms with Crippen molar-refractivity contribution in [2.45, 2.75) is 6.92 Å². The molecule has 2 heterocycles. The number of rotatable bonds is 3. The van der Waals surface area contributed by atoms with Crippen molar-refractivity contribution < 1.29 is 9.15 Å². The average molecular weight is 418 g/mol. The second-order valence-corrected chi connectivity index (χ2v) is 7.90. The summed E-state index contributed by atoms with van der Waals surface area (Å²) in [7, 11) is 1.54. The van der Waals surface area contributed by atoms with Crippen LogP contribution in [0.5, 0.6) is 5.75 Å². The number of para-hydroxylation sites is 1. The molecule has 0 aliphatic carbocycles. The Balaban J connectivity index is 1.86. The second kappa shape index (κ2) is 7.00. The van der Waals surface area contributed by atoms with Crippen LogP contribution in [0, 0.1) is 6.92 Å². The van der Waals surface area contributed by atoms with E-state index in [0.717, 1.165) is 21.5 Å². The Morgan fingerprint density at radius 2 is 1.93 bits per heavy atom. The second-order valence-electron chi connectivity index (χ2n) is 5.88. The van der Waals surface area contributed by atoms with Crippen molar-refractivity contribution >= 4 is 45.5 Å². The van der Waals surface area contributed by atoms with Crippen LogP contribution in [0.2, 0.25) is 10.0 Å². The number of aromatic nitrogens is 1. The fourth-order valence-corrected chi connectivity index (χ4v) is 4.09. The third kappa shape index (κ3) is 3.23. The minimum Gasteiger partial charge on any atom is -0.493 e. The topological polar surface area (TPSA) is 52.3 Å². The van der Waals surface area contributed by atoms with Crippen LogP contribution in [0.4, 0.5) is 0 Å². The van der Waals surface area contributed by atoms with Crippen LogP contribution in [0.25, 0.3) is 32.8 Å². The zero-order valence-electron chi connectivity index (χ0n) is 14.4. The van der Waals surface area contributed by atoms with E-state index in [4.69, 9.17) is 32.4 Å². The molecular formula is C20H13Cl2NO3S. The molecule has 0 radical (unpaired) electrons. The first-order valence-electron chi connectivity index (χ1n) is 8.02. The lowest BCUT2D eigenvalue weighted by molar-refractivity contribution is 0.407. The smallest absolute Gasteiger partial charge is 0.346 e. The Bertz CT molecular complexity index is 1230. The molecule has 4 nitrogen and oxygen atoms in total. The van der Waals surface area contributed by atoms with E-state index in [1.807, 2.05) is 25.1 Å². The quantitative estimate of drug-likeness (QED) is 0.372. The van der Waals surface area contributed by atoms with Gasteiger partial charge in [-0.2, -0.15) is 0 Å². The summed E-state index contributed by atoms with van der Waals surface area (Å²) in [6.45, 7) is 1.95. The molecule has 4 aromatic rings. The maximum atomic E-state index is 12.6. The number of fused-ring (bicyclic) bond motifs is 1. The van der Waals surface area contributed by atoms with Gasteiger partial charge in [-0.25, -0.2) is 9.78 Å². The molecule has 0 fully saturated rings. The first-order chi connectivity index (χ1) is 13.0. The SMILES string of the molecule is COc1cccc2cc(-c3nc(-c4ccc(Cl)c(Cl)c4)c(C)s3)c(=O)oc12. The van der Waals surface area contributed by atoms with Gasteiger partial charge in [0, 0.05) is 15.8 Å². The molecule has 27 heavy (non-hydrogen) atoms. The number of benzene rings is 2. The van der Waals surface area contributed by atoms with Crippen molar-refractivity contribution in [3.8, 4) is 27.6 Å². The van der Waals surface area contributed by atoms with Gasteiger partial charge in [-0.15, -0.1) is 11.3 Å². The normalized spacial score (nSPS) is 11.1. The molecule has 0 spiro atoms. The maximum absolute atomic E-state index is 12.6. The largest absolute Gasteiger partial charge is 0.493 e. The summed E-state index contributed by atoms with van der Waals surface area (Å²) < 4.78 is 10.8. The number of halogens is 2. The molecule has 0 aliphatic heterocycles. The molecule has 0 N–H and O–H groups in total. The lowest BCUT2D eigenvalue weighted by Crippen LogP contribution is -2.03. The highest BCUT2D eigenvalue weighted by Gasteiger charge is 2.17. The zero-order chi connectivity index (χ0) is 19.1. The number of methoxy groups -OCH3 is 1. The lowest BCUT2D eigenvalue weighted by atomic mass is 10.1. The van der Waals surface area contributed by atoms with Crippen LogP contribution in [-0.4, -0.2) is 12.1 Å². The molecule has 0 bridgehead atoms. The van der Waals surface area contributed by atoms with Crippen molar-refractivity contribution in [3.63, 3.8) is 0 Å². The van der Waals surface area contributed by atoms with Crippen molar-refractivity contribution in [1.82, 2.24) is 4.98 Å². The highest BCUT2D eigenvalue weighted by molar-refractivity contribution is 7.15. The fourth-order valence-electron chi connectivity index (χ4n) is 2.85. The number of ether oxygens (including phenoxy) is 1. The van der Waals surface area contributed by atoms with Crippen LogP contribution >= 0.6 is 34.5 Å². The number of hydrogen-bond donors (Lipinski definition) is 0. The van der Waals surface area contributed by atoms with E-state index in [-0.39, 0.29) is 0 Å². The molecule has 0 saturated heterocycles.